The first-order valence-corrected chi connectivity index (χ1v) is 24.8. The van der Waals surface area contributed by atoms with Crippen LogP contribution in [0.5, 0.6) is 0 Å². The molecule has 3 saturated carbocycles. The standard InChI is InChI=1S/C48H62F3N5O4S2/c1-45(2)18-17-41(47-32-46(3,33-47)34-47)36(29-45)30-55-20-22-56(23-21-55)38-13-11-35(12-14-38)44(57)53-62(58,59)40-15-16-43(42(28-40)48(49,50)51)52-37(31-61-39-9-5-4-6-10-39)8-7-19-54-24-26-60-27-25-54/h4-6,9-16,28,37,52H,7-8,17-27,29-34H2,1-3H3,(H,53,57)/t37-,46?,47?/m1/s1. The number of piperazine rings is 1. The molecule has 1 atom stereocenters. The summed E-state index contributed by atoms with van der Waals surface area (Å²) >= 11 is 1.55. The summed E-state index contributed by atoms with van der Waals surface area (Å²) in [5, 5.41) is 3.10. The molecule has 3 aromatic carbocycles. The van der Waals surface area contributed by atoms with E-state index < -0.39 is 32.6 Å². The molecule has 6 aliphatic rings. The molecular formula is C48H62F3N5O4S2. The van der Waals surface area contributed by atoms with Crippen LogP contribution in [-0.4, -0.2) is 101 Å². The molecule has 9 nitrogen and oxygen atoms in total. The van der Waals surface area contributed by atoms with E-state index in [1.807, 2.05) is 35.1 Å². The van der Waals surface area contributed by atoms with Gasteiger partial charge in [0, 0.05) is 79.4 Å². The van der Waals surface area contributed by atoms with Gasteiger partial charge in [-0.25, -0.2) is 13.1 Å². The molecule has 336 valence electrons. The fourth-order valence-corrected chi connectivity index (χ4v) is 12.9. The second kappa shape index (κ2) is 18.1. The molecule has 2 heterocycles. The van der Waals surface area contributed by atoms with Crippen molar-refractivity contribution >= 4 is 39.1 Å². The maximum atomic E-state index is 14.6. The lowest BCUT2D eigenvalue weighted by molar-refractivity contribution is -0.166. The summed E-state index contributed by atoms with van der Waals surface area (Å²) in [6, 6.07) is 19.0. The molecule has 0 aromatic heterocycles. The Morgan fingerprint density at radius 1 is 0.887 bits per heavy atom. The summed E-state index contributed by atoms with van der Waals surface area (Å²) < 4.78 is 78.2. The van der Waals surface area contributed by atoms with E-state index in [1.54, 1.807) is 47.2 Å². The number of carbonyl (C=O) groups excluding carboxylic acids is 1. The summed E-state index contributed by atoms with van der Waals surface area (Å²) in [6.07, 6.45) is 4.31. The Bertz CT molecular complexity index is 2180. The third-order valence-corrected chi connectivity index (χ3v) is 16.4. The number of nitrogens with zero attached hydrogens (tertiary/aromatic N) is 3. The number of halogens is 3. The number of alkyl halides is 3. The highest BCUT2D eigenvalue weighted by atomic mass is 32.2. The van der Waals surface area contributed by atoms with E-state index in [9.17, 15) is 26.4 Å². The molecule has 2 saturated heterocycles. The number of hydrogen-bond donors (Lipinski definition) is 2. The number of ether oxygens (including phenoxy) is 1. The molecular weight excluding hydrogens is 832 g/mol. The third kappa shape index (κ3) is 10.5. The smallest absolute Gasteiger partial charge is 0.381 e. The molecule has 1 amide bonds. The van der Waals surface area contributed by atoms with E-state index in [0.29, 0.717) is 47.7 Å². The second-order valence-electron chi connectivity index (χ2n) is 19.6. The summed E-state index contributed by atoms with van der Waals surface area (Å²) in [5.74, 6) is -0.402. The Labute approximate surface area is 370 Å². The molecule has 0 radical (unpaired) electrons. The van der Waals surface area contributed by atoms with Crippen molar-refractivity contribution < 1.29 is 31.1 Å². The highest BCUT2D eigenvalue weighted by molar-refractivity contribution is 7.99. The molecule has 5 fully saturated rings. The van der Waals surface area contributed by atoms with E-state index in [1.165, 1.54) is 38.5 Å². The van der Waals surface area contributed by atoms with Crippen molar-refractivity contribution in [2.24, 2.45) is 16.2 Å². The number of hydrogen-bond acceptors (Lipinski definition) is 9. The van der Waals surface area contributed by atoms with Gasteiger partial charge in [-0.2, -0.15) is 13.2 Å². The lowest BCUT2D eigenvalue weighted by Crippen LogP contribution is -2.61. The normalized spacial score (nSPS) is 24.8. The first kappa shape index (κ1) is 45.0. The van der Waals surface area contributed by atoms with Crippen LogP contribution < -0.4 is 14.9 Å². The first-order chi connectivity index (χ1) is 29.5. The van der Waals surface area contributed by atoms with Crippen molar-refractivity contribution in [2.75, 3.05) is 81.5 Å². The number of benzene rings is 3. The molecule has 2 aliphatic heterocycles. The van der Waals surface area contributed by atoms with Gasteiger partial charge in [-0.1, -0.05) is 50.1 Å². The van der Waals surface area contributed by atoms with Crippen molar-refractivity contribution in [3.8, 4) is 0 Å². The third-order valence-electron chi connectivity index (χ3n) is 13.9. The van der Waals surface area contributed by atoms with E-state index in [0.717, 1.165) is 81.5 Å². The average Bonchev–Trinajstić information content (AvgIpc) is 3.22. The summed E-state index contributed by atoms with van der Waals surface area (Å²) in [6.45, 7) is 15.6. The molecule has 2 bridgehead atoms. The van der Waals surface area contributed by atoms with Crippen LogP contribution in [0.3, 0.4) is 0 Å². The molecule has 2 N–H and O–H groups in total. The quantitative estimate of drug-likeness (QED) is 0.108. The first-order valence-electron chi connectivity index (χ1n) is 22.3. The van der Waals surface area contributed by atoms with Crippen LogP contribution in [0.15, 0.2) is 93.7 Å². The molecule has 3 aromatic rings. The number of sulfonamides is 1. The van der Waals surface area contributed by atoms with Gasteiger partial charge in [0.25, 0.3) is 15.9 Å². The van der Waals surface area contributed by atoms with Gasteiger partial charge in [-0.05, 0) is 129 Å². The van der Waals surface area contributed by atoms with Crippen LogP contribution in [0.25, 0.3) is 0 Å². The molecule has 14 heteroatoms. The van der Waals surface area contributed by atoms with Gasteiger partial charge < -0.3 is 15.0 Å². The minimum absolute atomic E-state index is 0.1000. The molecule has 62 heavy (non-hydrogen) atoms. The zero-order chi connectivity index (χ0) is 43.8. The number of nitrogens with one attached hydrogen (secondary N) is 2. The molecule has 0 unspecified atom stereocenters. The number of carbonyl (C=O) groups is 1. The maximum absolute atomic E-state index is 14.6. The van der Waals surface area contributed by atoms with Crippen molar-refractivity contribution in [3.05, 3.63) is 95.1 Å². The lowest BCUT2D eigenvalue weighted by Gasteiger charge is -2.72. The molecule has 9 rings (SSSR count). The van der Waals surface area contributed by atoms with E-state index >= 15 is 0 Å². The van der Waals surface area contributed by atoms with Crippen LogP contribution in [0.1, 0.15) is 88.1 Å². The predicted octanol–water partition coefficient (Wildman–Crippen LogP) is 9.33. The Kier molecular flexibility index (Phi) is 13.2. The minimum Gasteiger partial charge on any atom is -0.381 e. The largest absolute Gasteiger partial charge is 0.418 e. The number of amides is 1. The monoisotopic (exact) mass is 893 g/mol. The summed E-state index contributed by atoms with van der Waals surface area (Å²) in [7, 11) is -4.64. The summed E-state index contributed by atoms with van der Waals surface area (Å²) in [4.78, 5) is 20.8. The van der Waals surface area contributed by atoms with Crippen LogP contribution in [-0.2, 0) is 20.9 Å². The Balaban J connectivity index is 0.881. The lowest BCUT2D eigenvalue weighted by atomic mass is 9.33. The number of anilines is 2. The van der Waals surface area contributed by atoms with Gasteiger partial charge >= 0.3 is 6.18 Å². The fourth-order valence-electron chi connectivity index (χ4n) is 10.9. The Morgan fingerprint density at radius 3 is 2.24 bits per heavy atom. The van der Waals surface area contributed by atoms with E-state index in [2.05, 4.69) is 40.8 Å². The van der Waals surface area contributed by atoms with Crippen LogP contribution in [0.2, 0.25) is 0 Å². The van der Waals surface area contributed by atoms with Gasteiger partial charge in [-0.15, -0.1) is 11.8 Å². The van der Waals surface area contributed by atoms with Crippen molar-refractivity contribution in [2.45, 2.75) is 94.1 Å². The van der Waals surface area contributed by atoms with Gasteiger partial charge in [0.05, 0.1) is 23.7 Å². The number of morpholine rings is 1. The van der Waals surface area contributed by atoms with Crippen molar-refractivity contribution in [1.82, 2.24) is 14.5 Å². The number of rotatable bonds is 16. The van der Waals surface area contributed by atoms with Gasteiger partial charge in [0.15, 0.2) is 0 Å². The van der Waals surface area contributed by atoms with Crippen molar-refractivity contribution in [3.63, 3.8) is 0 Å². The van der Waals surface area contributed by atoms with E-state index in [4.69, 9.17) is 4.74 Å². The highest BCUT2D eigenvalue weighted by Crippen LogP contribution is 2.77. The van der Waals surface area contributed by atoms with Gasteiger partial charge in [-0.3, -0.25) is 14.6 Å². The highest BCUT2D eigenvalue weighted by Gasteiger charge is 2.66. The maximum Gasteiger partial charge on any atom is 0.418 e. The van der Waals surface area contributed by atoms with Crippen LogP contribution in [0.4, 0.5) is 24.5 Å². The molecule has 0 spiro atoms. The van der Waals surface area contributed by atoms with Crippen LogP contribution >= 0.6 is 11.8 Å². The average molecular weight is 894 g/mol. The minimum atomic E-state index is -4.86. The van der Waals surface area contributed by atoms with Gasteiger partial charge in [0.1, 0.15) is 0 Å². The predicted molar refractivity (Wildman–Crippen MR) is 241 cm³/mol. The second-order valence-corrected chi connectivity index (χ2v) is 22.3. The SMILES string of the molecule is CC1(C)CCC(C23CC(C)(C2)C3)=C(CN2CCN(c3ccc(C(=O)NS(=O)(=O)c4ccc(N[C@H](CCCN5CCOCC5)CSc5ccccc5)c(C(F)(F)F)c4)cc3)CC2)C1. The number of allylic oxidation sites excluding steroid dienone is 1. The Hall–Kier alpha value is -3.56. The topological polar surface area (TPSA) is 94.2 Å². The van der Waals surface area contributed by atoms with Gasteiger partial charge in [0.2, 0.25) is 0 Å². The summed E-state index contributed by atoms with van der Waals surface area (Å²) in [5.41, 5.74) is 4.59. The zero-order valence-electron chi connectivity index (χ0n) is 36.4. The van der Waals surface area contributed by atoms with E-state index in [-0.39, 0.29) is 17.3 Å². The number of thioether (sulfide) groups is 1. The Morgan fingerprint density at radius 2 is 1.58 bits per heavy atom. The molecule has 4 aliphatic carbocycles. The zero-order valence-corrected chi connectivity index (χ0v) is 38.0. The fraction of sp³-hybridized carbons (Fsp3) is 0.562. The van der Waals surface area contributed by atoms with Crippen molar-refractivity contribution in [1.29, 1.82) is 0 Å². The van der Waals surface area contributed by atoms with Crippen LogP contribution in [0, 0.1) is 16.2 Å².